The molecule has 0 aliphatic rings. The van der Waals surface area contributed by atoms with E-state index in [-0.39, 0.29) is 5.91 Å². The summed E-state index contributed by atoms with van der Waals surface area (Å²) in [5.41, 5.74) is 5.59. The highest BCUT2D eigenvalue weighted by atomic mass is 16.1. The van der Waals surface area contributed by atoms with Crippen LogP contribution in [0.15, 0.2) is 6.33 Å². The minimum Gasteiger partial charge on any atom is -0.349 e. The summed E-state index contributed by atoms with van der Waals surface area (Å²) in [5, 5.41) is 10.6. The Morgan fingerprint density at radius 3 is 2.84 bits per heavy atom. The van der Waals surface area contributed by atoms with Crippen molar-refractivity contribution in [3.8, 4) is 0 Å². The first-order valence-electron chi connectivity index (χ1n) is 6.97. The molecule has 1 unspecified atom stereocenters. The Morgan fingerprint density at radius 1 is 1.47 bits per heavy atom. The van der Waals surface area contributed by atoms with Crippen molar-refractivity contribution in [3.63, 3.8) is 0 Å². The molecule has 0 fully saturated rings. The molecule has 0 aromatic carbocycles. The molecule has 6 heteroatoms. The number of amides is 1. The Balaban J connectivity index is 2.25. The molecule has 0 saturated carbocycles. The van der Waals surface area contributed by atoms with Gasteiger partial charge in [0.2, 0.25) is 5.91 Å². The molecule has 1 heterocycles. The average Bonchev–Trinajstić information content (AvgIpc) is 2.79. The van der Waals surface area contributed by atoms with Crippen LogP contribution in [-0.2, 0) is 18.4 Å². The summed E-state index contributed by atoms with van der Waals surface area (Å²) in [6, 6.07) is 0. The number of hydrogen-bond donors (Lipinski definition) is 2. The predicted molar refractivity (Wildman–Crippen MR) is 74.2 cm³/mol. The standard InChI is InChI=1S/C13H25N5O/c1-3-4-11(7-8-14)5-6-13(19)15-9-12-17-16-10-18(12)2/h10-11H,3-9,14H2,1-2H3,(H,15,19). The second-order valence-electron chi connectivity index (χ2n) is 4.91. The van der Waals surface area contributed by atoms with Crippen molar-refractivity contribution in [2.24, 2.45) is 18.7 Å². The molecule has 108 valence electrons. The predicted octanol–water partition coefficient (Wildman–Crippen LogP) is 0.977. The van der Waals surface area contributed by atoms with E-state index >= 15 is 0 Å². The summed E-state index contributed by atoms with van der Waals surface area (Å²) >= 11 is 0. The molecule has 19 heavy (non-hydrogen) atoms. The number of nitrogens with two attached hydrogens (primary N) is 1. The third-order valence-corrected chi connectivity index (χ3v) is 3.30. The Labute approximate surface area is 114 Å². The Kier molecular flexibility index (Phi) is 7.10. The highest BCUT2D eigenvalue weighted by Crippen LogP contribution is 2.16. The minimum atomic E-state index is 0.0705. The lowest BCUT2D eigenvalue weighted by Crippen LogP contribution is -2.25. The first kappa shape index (κ1) is 15.6. The zero-order chi connectivity index (χ0) is 14.1. The van der Waals surface area contributed by atoms with E-state index in [4.69, 9.17) is 5.73 Å². The van der Waals surface area contributed by atoms with E-state index < -0.39 is 0 Å². The van der Waals surface area contributed by atoms with Crippen molar-refractivity contribution in [1.29, 1.82) is 0 Å². The maximum absolute atomic E-state index is 11.8. The number of aryl methyl sites for hydroxylation is 1. The van der Waals surface area contributed by atoms with E-state index in [1.165, 1.54) is 0 Å². The molecule has 1 aromatic heterocycles. The van der Waals surface area contributed by atoms with E-state index in [0.29, 0.717) is 25.4 Å². The van der Waals surface area contributed by atoms with Crippen molar-refractivity contribution < 1.29 is 4.79 Å². The quantitative estimate of drug-likeness (QED) is 0.698. The van der Waals surface area contributed by atoms with Gasteiger partial charge in [-0.05, 0) is 25.3 Å². The van der Waals surface area contributed by atoms with Gasteiger partial charge in [-0.15, -0.1) is 10.2 Å². The molecule has 3 N–H and O–H groups in total. The van der Waals surface area contributed by atoms with Crippen molar-refractivity contribution >= 4 is 5.91 Å². The van der Waals surface area contributed by atoms with Gasteiger partial charge in [0.05, 0.1) is 6.54 Å². The van der Waals surface area contributed by atoms with Crippen LogP contribution in [0.3, 0.4) is 0 Å². The van der Waals surface area contributed by atoms with Gasteiger partial charge in [-0.1, -0.05) is 19.8 Å². The molecule has 0 aliphatic heterocycles. The van der Waals surface area contributed by atoms with Crippen LogP contribution in [0.5, 0.6) is 0 Å². The maximum atomic E-state index is 11.8. The van der Waals surface area contributed by atoms with Crippen LogP contribution in [-0.4, -0.2) is 27.2 Å². The van der Waals surface area contributed by atoms with Crippen molar-refractivity contribution in [2.75, 3.05) is 6.54 Å². The number of hydrogen-bond acceptors (Lipinski definition) is 4. The molecular weight excluding hydrogens is 242 g/mol. The van der Waals surface area contributed by atoms with E-state index in [2.05, 4.69) is 22.4 Å². The van der Waals surface area contributed by atoms with Crippen LogP contribution >= 0.6 is 0 Å². The van der Waals surface area contributed by atoms with Crippen molar-refractivity contribution in [2.45, 2.75) is 45.6 Å². The molecule has 0 bridgehead atoms. The fourth-order valence-corrected chi connectivity index (χ4v) is 2.15. The number of nitrogens with one attached hydrogen (secondary N) is 1. The highest BCUT2D eigenvalue weighted by molar-refractivity contribution is 5.75. The molecule has 1 amide bonds. The van der Waals surface area contributed by atoms with Crippen LogP contribution in [0, 0.1) is 5.92 Å². The van der Waals surface area contributed by atoms with Gasteiger partial charge in [-0.3, -0.25) is 4.79 Å². The fourth-order valence-electron chi connectivity index (χ4n) is 2.15. The lowest BCUT2D eigenvalue weighted by Gasteiger charge is -2.14. The molecule has 1 rings (SSSR count). The molecule has 1 aromatic rings. The van der Waals surface area contributed by atoms with Gasteiger partial charge in [-0.25, -0.2) is 0 Å². The molecule has 0 radical (unpaired) electrons. The first-order valence-corrected chi connectivity index (χ1v) is 6.97. The molecule has 0 spiro atoms. The van der Waals surface area contributed by atoms with Crippen LogP contribution in [0.2, 0.25) is 0 Å². The maximum Gasteiger partial charge on any atom is 0.220 e. The normalized spacial score (nSPS) is 12.4. The lowest BCUT2D eigenvalue weighted by atomic mass is 9.94. The monoisotopic (exact) mass is 267 g/mol. The molecular formula is C13H25N5O. The Morgan fingerprint density at radius 2 is 2.26 bits per heavy atom. The van der Waals surface area contributed by atoms with Gasteiger partial charge in [0.15, 0.2) is 5.82 Å². The average molecular weight is 267 g/mol. The van der Waals surface area contributed by atoms with Crippen LogP contribution in [0.1, 0.15) is 44.9 Å². The van der Waals surface area contributed by atoms with E-state index in [1.807, 2.05) is 7.05 Å². The van der Waals surface area contributed by atoms with Crippen LogP contribution in [0.4, 0.5) is 0 Å². The third-order valence-electron chi connectivity index (χ3n) is 3.30. The van der Waals surface area contributed by atoms with Gasteiger partial charge >= 0.3 is 0 Å². The SMILES string of the molecule is CCCC(CCN)CCC(=O)NCc1nncn1C. The zero-order valence-electron chi connectivity index (χ0n) is 11.9. The number of carbonyl (C=O) groups excluding carboxylic acids is 1. The third kappa shape index (κ3) is 5.83. The van der Waals surface area contributed by atoms with Gasteiger partial charge in [0.25, 0.3) is 0 Å². The summed E-state index contributed by atoms with van der Waals surface area (Å²) < 4.78 is 1.80. The fraction of sp³-hybridized carbons (Fsp3) is 0.769. The van der Waals surface area contributed by atoms with E-state index in [1.54, 1.807) is 10.9 Å². The Hall–Kier alpha value is -1.43. The van der Waals surface area contributed by atoms with Crippen molar-refractivity contribution in [1.82, 2.24) is 20.1 Å². The minimum absolute atomic E-state index is 0.0705. The summed E-state index contributed by atoms with van der Waals surface area (Å²) in [6.07, 6.45) is 6.39. The largest absolute Gasteiger partial charge is 0.349 e. The summed E-state index contributed by atoms with van der Waals surface area (Å²) in [5.74, 6) is 1.40. The zero-order valence-corrected chi connectivity index (χ0v) is 11.9. The highest BCUT2D eigenvalue weighted by Gasteiger charge is 2.10. The summed E-state index contributed by atoms with van der Waals surface area (Å²) in [4.78, 5) is 11.8. The topological polar surface area (TPSA) is 85.8 Å². The Bertz CT molecular complexity index is 371. The van der Waals surface area contributed by atoms with Crippen LogP contribution < -0.4 is 11.1 Å². The van der Waals surface area contributed by atoms with E-state index in [0.717, 1.165) is 31.5 Å². The molecule has 0 aliphatic carbocycles. The van der Waals surface area contributed by atoms with Gasteiger partial charge in [0.1, 0.15) is 6.33 Å². The number of rotatable bonds is 9. The van der Waals surface area contributed by atoms with Crippen LogP contribution in [0.25, 0.3) is 0 Å². The van der Waals surface area contributed by atoms with Gasteiger partial charge < -0.3 is 15.6 Å². The molecule has 6 nitrogen and oxygen atoms in total. The number of carbonyl (C=O) groups is 1. The van der Waals surface area contributed by atoms with Gasteiger partial charge in [-0.2, -0.15) is 0 Å². The van der Waals surface area contributed by atoms with Gasteiger partial charge in [0, 0.05) is 13.5 Å². The first-order chi connectivity index (χ1) is 9.17. The molecule has 1 atom stereocenters. The number of aromatic nitrogens is 3. The molecule has 0 saturated heterocycles. The van der Waals surface area contributed by atoms with Crippen molar-refractivity contribution in [3.05, 3.63) is 12.2 Å². The second kappa shape index (κ2) is 8.63. The van der Waals surface area contributed by atoms with E-state index in [9.17, 15) is 4.79 Å². The number of nitrogens with zero attached hydrogens (tertiary/aromatic N) is 3. The summed E-state index contributed by atoms with van der Waals surface area (Å²) in [6.45, 7) is 3.30. The lowest BCUT2D eigenvalue weighted by molar-refractivity contribution is -0.121. The second-order valence-corrected chi connectivity index (χ2v) is 4.91. The smallest absolute Gasteiger partial charge is 0.220 e. The summed E-state index contributed by atoms with van der Waals surface area (Å²) in [7, 11) is 1.86.